The van der Waals surface area contributed by atoms with Gasteiger partial charge in [0.2, 0.25) is 0 Å². The molecule has 0 bridgehead atoms. The van der Waals surface area contributed by atoms with Crippen molar-refractivity contribution in [1.29, 1.82) is 0 Å². The number of hydrogen-bond donors (Lipinski definition) is 2. The number of aromatic nitrogens is 1. The van der Waals surface area contributed by atoms with Gasteiger partial charge in [-0.25, -0.2) is 17.2 Å². The number of fused-ring (bicyclic) bond motifs is 1. The number of rotatable bonds is 4. The van der Waals surface area contributed by atoms with Gasteiger partial charge >= 0.3 is 0 Å². The molecule has 6 nitrogen and oxygen atoms in total. The fourth-order valence-electron chi connectivity index (χ4n) is 2.40. The smallest absolute Gasteiger partial charge is 0.261 e. The summed E-state index contributed by atoms with van der Waals surface area (Å²) >= 11 is 0. The van der Waals surface area contributed by atoms with Gasteiger partial charge in [-0.1, -0.05) is 0 Å². The second kappa shape index (κ2) is 5.85. The van der Waals surface area contributed by atoms with Gasteiger partial charge in [0, 0.05) is 10.9 Å². The van der Waals surface area contributed by atoms with Crippen LogP contribution in [0.15, 0.2) is 41.3 Å². The molecule has 130 valence electrons. The fraction of sp³-hybridized carbons (Fsp3) is 0.0625. The van der Waals surface area contributed by atoms with E-state index < -0.39 is 33.3 Å². The largest absolute Gasteiger partial charge is 0.543 e. The number of H-pyrrole nitrogens is 1. The SMILES string of the molecule is Cc1cc(S(=O)(=O)Nc2c(C(=O)[O-])[nH]c3ccc(F)cc23)ccc1F. The van der Waals surface area contributed by atoms with E-state index in [1.54, 1.807) is 0 Å². The summed E-state index contributed by atoms with van der Waals surface area (Å²) in [4.78, 5) is 13.5. The first-order valence-electron chi connectivity index (χ1n) is 7.00. The predicted molar refractivity (Wildman–Crippen MR) is 84.5 cm³/mol. The Balaban J connectivity index is 2.15. The van der Waals surface area contributed by atoms with Gasteiger partial charge < -0.3 is 14.9 Å². The van der Waals surface area contributed by atoms with Crippen LogP contribution in [0, 0.1) is 18.6 Å². The molecule has 1 heterocycles. The van der Waals surface area contributed by atoms with E-state index in [0.717, 1.165) is 30.3 Å². The third-order valence-corrected chi connectivity index (χ3v) is 4.99. The zero-order valence-corrected chi connectivity index (χ0v) is 13.6. The van der Waals surface area contributed by atoms with Crippen LogP contribution in [-0.4, -0.2) is 19.4 Å². The van der Waals surface area contributed by atoms with Crippen LogP contribution in [0.1, 0.15) is 16.1 Å². The number of halogens is 2. The lowest BCUT2D eigenvalue weighted by atomic mass is 10.2. The Kier molecular flexibility index (Phi) is 3.96. The highest BCUT2D eigenvalue weighted by Gasteiger charge is 2.21. The Bertz CT molecular complexity index is 1110. The Morgan fingerprint density at radius 1 is 1.16 bits per heavy atom. The minimum atomic E-state index is -4.23. The number of carboxylic acid groups (broad SMARTS) is 1. The van der Waals surface area contributed by atoms with Crippen molar-refractivity contribution in [2.75, 3.05) is 4.72 Å². The molecule has 0 saturated heterocycles. The molecular weight excluding hydrogens is 354 g/mol. The number of aromatic amines is 1. The molecule has 2 N–H and O–H groups in total. The van der Waals surface area contributed by atoms with Crippen LogP contribution in [0.25, 0.3) is 10.9 Å². The van der Waals surface area contributed by atoms with Gasteiger partial charge in [0.25, 0.3) is 10.0 Å². The lowest BCUT2D eigenvalue weighted by Gasteiger charge is -2.11. The second-order valence-electron chi connectivity index (χ2n) is 5.37. The number of aryl methyl sites for hydroxylation is 1. The van der Waals surface area contributed by atoms with Crippen LogP contribution in [0.4, 0.5) is 14.5 Å². The number of nitrogens with one attached hydrogen (secondary N) is 2. The summed E-state index contributed by atoms with van der Waals surface area (Å²) in [5, 5.41) is 11.3. The van der Waals surface area contributed by atoms with E-state index in [4.69, 9.17) is 0 Å². The fourth-order valence-corrected chi connectivity index (χ4v) is 3.58. The molecule has 0 saturated carbocycles. The van der Waals surface area contributed by atoms with Crippen LogP contribution in [0.3, 0.4) is 0 Å². The summed E-state index contributed by atoms with van der Waals surface area (Å²) in [6, 6.07) is 6.49. The molecular formula is C16H11F2N2O4S-. The first-order chi connectivity index (χ1) is 11.7. The van der Waals surface area contributed by atoms with Crippen molar-refractivity contribution < 1.29 is 27.1 Å². The highest BCUT2D eigenvalue weighted by molar-refractivity contribution is 7.92. The van der Waals surface area contributed by atoms with Gasteiger partial charge in [-0.2, -0.15) is 0 Å². The van der Waals surface area contributed by atoms with E-state index in [2.05, 4.69) is 9.71 Å². The van der Waals surface area contributed by atoms with Gasteiger partial charge in [0.1, 0.15) is 11.6 Å². The molecule has 0 amide bonds. The molecule has 3 aromatic rings. The van der Waals surface area contributed by atoms with E-state index in [1.165, 1.54) is 13.0 Å². The topological polar surface area (TPSA) is 102 Å². The molecule has 9 heteroatoms. The highest BCUT2D eigenvalue weighted by atomic mass is 32.2. The summed E-state index contributed by atoms with van der Waals surface area (Å²) in [6.45, 7) is 1.39. The van der Waals surface area contributed by atoms with Crippen LogP contribution < -0.4 is 9.83 Å². The molecule has 0 aliphatic heterocycles. The van der Waals surface area contributed by atoms with E-state index >= 15 is 0 Å². The van der Waals surface area contributed by atoms with Gasteiger partial charge in [-0.3, -0.25) is 4.72 Å². The molecule has 1 aromatic heterocycles. The minimum absolute atomic E-state index is 0.0293. The Morgan fingerprint density at radius 3 is 2.52 bits per heavy atom. The van der Waals surface area contributed by atoms with Gasteiger partial charge in [0.15, 0.2) is 0 Å². The van der Waals surface area contributed by atoms with Crippen molar-refractivity contribution in [1.82, 2.24) is 4.98 Å². The summed E-state index contributed by atoms with van der Waals surface area (Å²) in [5.41, 5.74) is -0.568. The molecule has 0 aliphatic rings. The summed E-state index contributed by atoms with van der Waals surface area (Å²) in [6.07, 6.45) is 0. The quantitative estimate of drug-likeness (QED) is 0.737. The van der Waals surface area contributed by atoms with E-state index in [-0.39, 0.29) is 27.0 Å². The molecule has 3 rings (SSSR count). The average Bonchev–Trinajstić information content (AvgIpc) is 2.87. The standard InChI is InChI=1S/C16H12F2N2O4S/c1-8-6-10(3-4-12(8)18)25(23,24)20-14-11-7-9(17)2-5-13(11)19-15(14)16(21)22/h2-7,19-20H,1H3,(H,21,22)/p-1. The lowest BCUT2D eigenvalue weighted by molar-refractivity contribution is -0.255. The first kappa shape index (κ1) is 16.9. The number of carboxylic acids is 1. The average molecular weight is 365 g/mol. The number of hydrogen-bond acceptors (Lipinski definition) is 4. The summed E-state index contributed by atoms with van der Waals surface area (Å²) < 4.78 is 54.0. The number of sulfonamides is 1. The van der Waals surface area contributed by atoms with E-state index in [0.29, 0.717) is 0 Å². The molecule has 0 radical (unpaired) electrons. The highest BCUT2D eigenvalue weighted by Crippen LogP contribution is 2.30. The Morgan fingerprint density at radius 2 is 1.88 bits per heavy atom. The first-order valence-corrected chi connectivity index (χ1v) is 8.49. The van der Waals surface area contributed by atoms with Crippen molar-refractivity contribution in [2.45, 2.75) is 11.8 Å². The zero-order valence-electron chi connectivity index (χ0n) is 12.8. The molecule has 0 fully saturated rings. The van der Waals surface area contributed by atoms with Crippen molar-refractivity contribution >= 4 is 32.6 Å². The molecule has 2 aromatic carbocycles. The van der Waals surface area contributed by atoms with Gasteiger partial charge in [-0.15, -0.1) is 0 Å². The molecule has 25 heavy (non-hydrogen) atoms. The van der Waals surface area contributed by atoms with Crippen molar-refractivity contribution in [3.8, 4) is 0 Å². The maximum Gasteiger partial charge on any atom is 0.261 e. The maximum absolute atomic E-state index is 13.5. The number of benzene rings is 2. The normalized spacial score (nSPS) is 11.6. The second-order valence-corrected chi connectivity index (χ2v) is 7.05. The van der Waals surface area contributed by atoms with Crippen molar-refractivity contribution in [3.05, 3.63) is 59.3 Å². The van der Waals surface area contributed by atoms with Crippen molar-refractivity contribution in [3.63, 3.8) is 0 Å². The lowest BCUT2D eigenvalue weighted by Crippen LogP contribution is -2.25. The number of aromatic carboxylic acids is 1. The summed E-state index contributed by atoms with van der Waals surface area (Å²) in [7, 11) is -4.23. The van der Waals surface area contributed by atoms with Crippen LogP contribution in [0.5, 0.6) is 0 Å². The number of anilines is 1. The number of carbonyl (C=O) groups excluding carboxylic acids is 1. The summed E-state index contributed by atoms with van der Waals surface area (Å²) in [5.74, 6) is -2.91. The molecule has 0 spiro atoms. The maximum atomic E-state index is 13.5. The third kappa shape index (κ3) is 3.05. The van der Waals surface area contributed by atoms with Gasteiger partial charge in [-0.05, 0) is 48.9 Å². The minimum Gasteiger partial charge on any atom is -0.543 e. The third-order valence-electron chi connectivity index (χ3n) is 3.64. The Labute approximate surface area is 141 Å². The predicted octanol–water partition coefficient (Wildman–Crippen LogP) is 1.92. The van der Waals surface area contributed by atoms with Crippen LogP contribution >= 0.6 is 0 Å². The van der Waals surface area contributed by atoms with Crippen molar-refractivity contribution in [2.24, 2.45) is 0 Å². The van der Waals surface area contributed by atoms with Gasteiger partial charge in [0.05, 0.1) is 22.2 Å². The van der Waals surface area contributed by atoms with E-state index in [1.807, 2.05) is 0 Å². The molecule has 0 aliphatic carbocycles. The van der Waals surface area contributed by atoms with Crippen LogP contribution in [0.2, 0.25) is 0 Å². The monoisotopic (exact) mass is 365 g/mol. The molecule has 0 atom stereocenters. The zero-order chi connectivity index (χ0) is 18.4. The molecule has 0 unspecified atom stereocenters. The Hall–Kier alpha value is -2.94. The van der Waals surface area contributed by atoms with E-state index in [9.17, 15) is 27.1 Å². The number of carbonyl (C=O) groups is 1. The van der Waals surface area contributed by atoms with Crippen LogP contribution in [-0.2, 0) is 10.0 Å².